The maximum Gasteiger partial charge on any atom is 0.255 e. The number of primary amides is 1. The van der Waals surface area contributed by atoms with Crippen LogP contribution in [0.15, 0.2) is 10.6 Å². The van der Waals surface area contributed by atoms with Crippen molar-refractivity contribution in [3.8, 4) is 0 Å². The second-order valence-electron chi connectivity index (χ2n) is 1.39. The van der Waals surface area contributed by atoms with Crippen molar-refractivity contribution in [1.82, 2.24) is 0 Å². The molecule has 0 aliphatic heterocycles. The number of amides is 1. The molecule has 0 aromatic heterocycles. The van der Waals surface area contributed by atoms with E-state index in [4.69, 9.17) is 17.3 Å². The Kier molecular flexibility index (Phi) is 4.81. The molecule has 0 heterocycles. The van der Waals surface area contributed by atoms with Crippen molar-refractivity contribution in [3.05, 3.63) is 10.6 Å². The summed E-state index contributed by atoms with van der Waals surface area (Å²) in [7, 11) is 0. The summed E-state index contributed by atoms with van der Waals surface area (Å²) in [6, 6.07) is 0. The van der Waals surface area contributed by atoms with Crippen LogP contribution in [0, 0.1) is 0 Å². The lowest BCUT2D eigenvalue weighted by molar-refractivity contribution is -0.113. The van der Waals surface area contributed by atoms with Crippen LogP contribution >= 0.6 is 27.5 Å². The quantitative estimate of drug-likeness (QED) is 0.557. The van der Waals surface area contributed by atoms with Crippen molar-refractivity contribution in [3.63, 3.8) is 0 Å². The van der Waals surface area contributed by atoms with Gasteiger partial charge in [0.2, 0.25) is 0 Å². The van der Waals surface area contributed by atoms with Crippen LogP contribution in [-0.4, -0.2) is 11.8 Å². The third-order valence-corrected chi connectivity index (χ3v) is 1.60. The Hall–Kier alpha value is -0.0200. The molecule has 2 N–H and O–H groups in total. The molecule has 0 unspecified atom stereocenters. The average Bonchev–Trinajstić information content (AvgIpc) is 1.82. The van der Waals surface area contributed by atoms with Crippen LogP contribution in [0.5, 0.6) is 0 Å². The van der Waals surface area contributed by atoms with Crippen molar-refractivity contribution < 1.29 is 4.79 Å². The van der Waals surface area contributed by atoms with E-state index < -0.39 is 5.91 Å². The van der Waals surface area contributed by atoms with Crippen LogP contribution in [0.4, 0.5) is 0 Å². The highest BCUT2D eigenvalue weighted by Crippen LogP contribution is 2.04. The SMILES string of the molecule is NC(=O)C(Br)=CCCCl. The van der Waals surface area contributed by atoms with E-state index in [0.717, 1.165) is 0 Å². The van der Waals surface area contributed by atoms with Crippen LogP contribution in [0.3, 0.4) is 0 Å². The number of rotatable bonds is 3. The number of hydrogen-bond acceptors (Lipinski definition) is 1. The summed E-state index contributed by atoms with van der Waals surface area (Å²) in [6.07, 6.45) is 2.31. The van der Waals surface area contributed by atoms with Gasteiger partial charge in [-0.3, -0.25) is 4.79 Å². The summed E-state index contributed by atoms with van der Waals surface area (Å²) >= 11 is 8.30. The molecule has 0 aliphatic rings. The van der Waals surface area contributed by atoms with E-state index in [9.17, 15) is 4.79 Å². The van der Waals surface area contributed by atoms with Gasteiger partial charge in [-0.15, -0.1) is 11.6 Å². The van der Waals surface area contributed by atoms with Gasteiger partial charge in [0.1, 0.15) is 0 Å². The maximum atomic E-state index is 10.3. The molecule has 0 saturated carbocycles. The molecule has 0 fully saturated rings. The molecule has 0 bridgehead atoms. The van der Waals surface area contributed by atoms with E-state index in [-0.39, 0.29) is 0 Å². The first-order chi connectivity index (χ1) is 4.18. The predicted octanol–water partition coefficient (Wildman–Crippen LogP) is 1.38. The molecule has 0 aromatic rings. The van der Waals surface area contributed by atoms with Crippen LogP contribution in [0.1, 0.15) is 6.42 Å². The fourth-order valence-corrected chi connectivity index (χ4v) is 0.620. The molecule has 52 valence electrons. The molecule has 0 aliphatic carbocycles. The number of nitrogens with two attached hydrogens (primary N) is 1. The lowest BCUT2D eigenvalue weighted by Gasteiger charge is -1.88. The smallest absolute Gasteiger partial charge is 0.255 e. The topological polar surface area (TPSA) is 43.1 Å². The summed E-state index contributed by atoms with van der Waals surface area (Å²) in [6.45, 7) is 0. The van der Waals surface area contributed by atoms with Gasteiger partial charge >= 0.3 is 0 Å². The number of alkyl halides is 1. The zero-order chi connectivity index (χ0) is 7.28. The third-order valence-electron chi connectivity index (χ3n) is 0.668. The minimum atomic E-state index is -0.458. The Bertz CT molecular complexity index is 135. The lowest BCUT2D eigenvalue weighted by Crippen LogP contribution is -2.09. The van der Waals surface area contributed by atoms with E-state index in [1.807, 2.05) is 0 Å². The van der Waals surface area contributed by atoms with Crippen molar-refractivity contribution >= 4 is 33.4 Å². The van der Waals surface area contributed by atoms with Gasteiger partial charge in [-0.2, -0.15) is 0 Å². The molecule has 0 radical (unpaired) electrons. The summed E-state index contributed by atoms with van der Waals surface area (Å²) < 4.78 is 0.392. The van der Waals surface area contributed by atoms with E-state index in [2.05, 4.69) is 15.9 Å². The van der Waals surface area contributed by atoms with Gasteiger partial charge in [-0.05, 0) is 22.4 Å². The highest BCUT2D eigenvalue weighted by Gasteiger charge is 1.95. The molecule has 0 spiro atoms. The van der Waals surface area contributed by atoms with Gasteiger partial charge in [0.15, 0.2) is 0 Å². The van der Waals surface area contributed by atoms with Crippen LogP contribution in [-0.2, 0) is 4.79 Å². The average molecular weight is 212 g/mol. The molecule has 1 amide bonds. The number of allylic oxidation sites excluding steroid dienone is 1. The predicted molar refractivity (Wildman–Crippen MR) is 41.5 cm³/mol. The first-order valence-corrected chi connectivity index (χ1v) is 3.72. The van der Waals surface area contributed by atoms with Crippen molar-refractivity contribution in [2.24, 2.45) is 5.73 Å². The van der Waals surface area contributed by atoms with E-state index in [1.165, 1.54) is 0 Å². The second-order valence-corrected chi connectivity index (χ2v) is 2.63. The maximum absolute atomic E-state index is 10.3. The summed E-state index contributed by atoms with van der Waals surface area (Å²) in [5, 5.41) is 0. The Labute approximate surface area is 67.2 Å². The van der Waals surface area contributed by atoms with Gasteiger partial charge in [0.25, 0.3) is 5.91 Å². The second kappa shape index (κ2) is 4.82. The first kappa shape index (κ1) is 8.98. The van der Waals surface area contributed by atoms with Crippen LogP contribution in [0.25, 0.3) is 0 Å². The third kappa shape index (κ3) is 4.48. The van der Waals surface area contributed by atoms with E-state index in [1.54, 1.807) is 6.08 Å². The standard InChI is InChI=1S/C5H7BrClNO/c6-4(5(8)9)2-1-3-7/h2H,1,3H2,(H2,8,9). The molecular weight excluding hydrogens is 205 g/mol. The molecule has 0 rings (SSSR count). The molecule has 2 nitrogen and oxygen atoms in total. The summed E-state index contributed by atoms with van der Waals surface area (Å²) in [4.78, 5) is 10.3. The summed E-state index contributed by atoms with van der Waals surface area (Å²) in [5.41, 5.74) is 4.88. The monoisotopic (exact) mass is 211 g/mol. The van der Waals surface area contributed by atoms with Gasteiger partial charge < -0.3 is 5.73 Å². The molecule has 9 heavy (non-hydrogen) atoms. The van der Waals surface area contributed by atoms with Crippen molar-refractivity contribution in [1.29, 1.82) is 0 Å². The minimum absolute atomic E-state index is 0.392. The lowest BCUT2D eigenvalue weighted by atomic mass is 10.4. The zero-order valence-corrected chi connectivity index (χ0v) is 7.08. The largest absolute Gasteiger partial charge is 0.365 e. The minimum Gasteiger partial charge on any atom is -0.365 e. The molecule has 0 atom stereocenters. The number of halogens is 2. The van der Waals surface area contributed by atoms with Gasteiger partial charge in [-0.1, -0.05) is 6.08 Å². The van der Waals surface area contributed by atoms with Crippen molar-refractivity contribution in [2.75, 3.05) is 5.88 Å². The van der Waals surface area contributed by atoms with Gasteiger partial charge in [0, 0.05) is 5.88 Å². The van der Waals surface area contributed by atoms with Gasteiger partial charge in [-0.25, -0.2) is 0 Å². The van der Waals surface area contributed by atoms with E-state index >= 15 is 0 Å². The molecule has 0 aromatic carbocycles. The number of carbonyl (C=O) groups excluding carboxylic acids is 1. The Morgan fingerprint density at radius 1 is 1.78 bits per heavy atom. The Morgan fingerprint density at radius 3 is 2.67 bits per heavy atom. The van der Waals surface area contributed by atoms with Gasteiger partial charge in [0.05, 0.1) is 4.48 Å². The fraction of sp³-hybridized carbons (Fsp3) is 0.400. The summed E-state index contributed by atoms with van der Waals surface area (Å²) in [5.74, 6) is 0.0441. The first-order valence-electron chi connectivity index (χ1n) is 2.40. The number of hydrogen-bond donors (Lipinski definition) is 1. The molecule has 0 saturated heterocycles. The van der Waals surface area contributed by atoms with Crippen LogP contribution in [0.2, 0.25) is 0 Å². The van der Waals surface area contributed by atoms with E-state index in [0.29, 0.717) is 16.8 Å². The highest BCUT2D eigenvalue weighted by atomic mass is 79.9. The normalized spacial score (nSPS) is 11.6. The van der Waals surface area contributed by atoms with Crippen LogP contribution < -0.4 is 5.73 Å². The fourth-order valence-electron chi connectivity index (χ4n) is 0.282. The Balaban J connectivity index is 3.69. The van der Waals surface area contributed by atoms with Crippen molar-refractivity contribution in [2.45, 2.75) is 6.42 Å². The zero-order valence-electron chi connectivity index (χ0n) is 4.73. The highest BCUT2D eigenvalue weighted by molar-refractivity contribution is 9.12. The molecular formula is C5H7BrClNO. The number of carbonyl (C=O) groups is 1. The molecule has 4 heteroatoms. The Morgan fingerprint density at radius 2 is 2.33 bits per heavy atom.